The third-order valence-electron chi connectivity index (χ3n) is 5.01. The van der Waals surface area contributed by atoms with E-state index in [1.165, 1.54) is 25.7 Å². The third kappa shape index (κ3) is 2.23. The molecule has 20 heavy (non-hydrogen) atoms. The minimum atomic E-state index is 0.0697. The summed E-state index contributed by atoms with van der Waals surface area (Å²) in [4.78, 5) is 0. The topological polar surface area (TPSA) is 44.5 Å². The molecule has 3 rings (SSSR count). The maximum absolute atomic E-state index is 6.56. The van der Waals surface area contributed by atoms with E-state index in [1.807, 2.05) is 6.07 Å². The summed E-state index contributed by atoms with van der Waals surface area (Å²) in [7, 11) is 3.35. The predicted molar refractivity (Wildman–Crippen MR) is 83.1 cm³/mol. The van der Waals surface area contributed by atoms with E-state index in [2.05, 4.69) is 22.0 Å². The van der Waals surface area contributed by atoms with E-state index in [1.54, 1.807) is 14.2 Å². The first-order valence-electron chi connectivity index (χ1n) is 7.35. The Bertz CT molecular complexity index is 493. The van der Waals surface area contributed by atoms with Gasteiger partial charge >= 0.3 is 0 Å². The van der Waals surface area contributed by atoms with Crippen LogP contribution in [0.15, 0.2) is 16.6 Å². The van der Waals surface area contributed by atoms with Gasteiger partial charge in [-0.3, -0.25) is 0 Å². The largest absolute Gasteiger partial charge is 0.495 e. The van der Waals surface area contributed by atoms with Crippen LogP contribution in [0.4, 0.5) is 0 Å². The zero-order chi connectivity index (χ0) is 14.3. The predicted octanol–water partition coefficient (Wildman–Crippen LogP) is 3.90. The van der Waals surface area contributed by atoms with E-state index in [9.17, 15) is 0 Å². The molecule has 2 aliphatic carbocycles. The molecule has 0 aliphatic heterocycles. The fourth-order valence-electron chi connectivity index (χ4n) is 3.97. The van der Waals surface area contributed by atoms with Crippen LogP contribution in [0.1, 0.15) is 37.3 Å². The number of halogens is 1. The molecule has 2 N–H and O–H groups in total. The van der Waals surface area contributed by atoms with E-state index in [-0.39, 0.29) is 6.04 Å². The summed E-state index contributed by atoms with van der Waals surface area (Å²) in [5, 5.41) is 0. The van der Waals surface area contributed by atoms with Gasteiger partial charge < -0.3 is 15.2 Å². The number of rotatable bonds is 4. The number of hydrogen-bond donors (Lipinski definition) is 1. The number of methoxy groups -OCH3 is 2. The summed E-state index contributed by atoms with van der Waals surface area (Å²) in [5.74, 6) is 3.91. The van der Waals surface area contributed by atoms with Gasteiger partial charge in [-0.15, -0.1) is 0 Å². The van der Waals surface area contributed by atoms with Crippen LogP contribution in [-0.4, -0.2) is 14.2 Å². The SMILES string of the molecule is COc1ccc(C(N)C2C3CCCCC32)c(OC)c1Br. The highest BCUT2D eigenvalue weighted by Crippen LogP contribution is 2.60. The molecular formula is C16H22BrNO2. The fraction of sp³-hybridized carbons (Fsp3) is 0.625. The molecular weight excluding hydrogens is 318 g/mol. The molecule has 2 aliphatic rings. The van der Waals surface area contributed by atoms with Crippen molar-refractivity contribution in [2.75, 3.05) is 14.2 Å². The lowest BCUT2D eigenvalue weighted by Crippen LogP contribution is -2.16. The van der Waals surface area contributed by atoms with Crippen LogP contribution in [0, 0.1) is 17.8 Å². The third-order valence-corrected chi connectivity index (χ3v) is 5.76. The summed E-state index contributed by atoms with van der Waals surface area (Å²) < 4.78 is 11.7. The van der Waals surface area contributed by atoms with Gasteiger partial charge in [-0.1, -0.05) is 12.8 Å². The Labute approximate surface area is 129 Å². The Morgan fingerprint density at radius 3 is 2.35 bits per heavy atom. The van der Waals surface area contributed by atoms with Gasteiger partial charge in [-0.2, -0.15) is 0 Å². The number of benzene rings is 1. The Kier molecular flexibility index (Phi) is 3.95. The molecule has 110 valence electrons. The van der Waals surface area contributed by atoms with Crippen LogP contribution in [0.25, 0.3) is 0 Å². The summed E-state index contributed by atoms with van der Waals surface area (Å²) in [6.07, 6.45) is 5.44. The maximum Gasteiger partial charge on any atom is 0.141 e. The molecule has 2 saturated carbocycles. The molecule has 2 fully saturated rings. The summed E-state index contributed by atoms with van der Waals surface area (Å²) in [5.41, 5.74) is 7.65. The highest BCUT2D eigenvalue weighted by Gasteiger charge is 2.53. The van der Waals surface area contributed by atoms with Crippen molar-refractivity contribution in [1.82, 2.24) is 0 Å². The van der Waals surface area contributed by atoms with Crippen molar-refractivity contribution in [2.45, 2.75) is 31.7 Å². The van der Waals surface area contributed by atoms with Crippen molar-refractivity contribution in [1.29, 1.82) is 0 Å². The monoisotopic (exact) mass is 339 g/mol. The number of ether oxygens (including phenoxy) is 2. The first kappa shape index (κ1) is 14.2. The smallest absolute Gasteiger partial charge is 0.141 e. The molecule has 3 atom stereocenters. The van der Waals surface area contributed by atoms with Gasteiger partial charge in [0.1, 0.15) is 16.0 Å². The highest BCUT2D eigenvalue weighted by molar-refractivity contribution is 9.10. The molecule has 1 aromatic rings. The van der Waals surface area contributed by atoms with Crippen LogP contribution in [-0.2, 0) is 0 Å². The quantitative estimate of drug-likeness (QED) is 0.904. The zero-order valence-corrected chi connectivity index (χ0v) is 13.7. The lowest BCUT2D eigenvalue weighted by atomic mass is 9.99. The van der Waals surface area contributed by atoms with Crippen LogP contribution in [0.5, 0.6) is 11.5 Å². The maximum atomic E-state index is 6.56. The van der Waals surface area contributed by atoms with Gasteiger partial charge in [0.05, 0.1) is 14.2 Å². The average molecular weight is 340 g/mol. The molecule has 0 bridgehead atoms. The highest BCUT2D eigenvalue weighted by atomic mass is 79.9. The second-order valence-corrected chi connectivity index (χ2v) is 6.71. The fourth-order valence-corrected chi connectivity index (χ4v) is 4.65. The van der Waals surface area contributed by atoms with Crippen LogP contribution >= 0.6 is 15.9 Å². The first-order valence-corrected chi connectivity index (χ1v) is 8.14. The lowest BCUT2D eigenvalue weighted by Gasteiger charge is -2.18. The molecule has 1 aromatic carbocycles. The van der Waals surface area contributed by atoms with Crippen molar-refractivity contribution in [3.8, 4) is 11.5 Å². The molecule has 0 radical (unpaired) electrons. The Hall–Kier alpha value is -0.740. The molecule has 0 amide bonds. The molecule has 0 saturated heterocycles. The van der Waals surface area contributed by atoms with Crippen LogP contribution in [0.2, 0.25) is 0 Å². The van der Waals surface area contributed by atoms with Crippen molar-refractivity contribution >= 4 is 15.9 Å². The summed E-state index contributed by atoms with van der Waals surface area (Å²) >= 11 is 3.56. The number of nitrogens with two attached hydrogens (primary N) is 1. The Balaban J connectivity index is 1.88. The van der Waals surface area contributed by atoms with E-state index in [4.69, 9.17) is 15.2 Å². The van der Waals surface area contributed by atoms with Crippen molar-refractivity contribution in [3.05, 3.63) is 22.2 Å². The van der Waals surface area contributed by atoms with Gasteiger partial charge in [0.15, 0.2) is 0 Å². The minimum absolute atomic E-state index is 0.0697. The second kappa shape index (κ2) is 5.57. The molecule has 3 nitrogen and oxygen atoms in total. The summed E-state index contributed by atoms with van der Waals surface area (Å²) in [6, 6.07) is 4.09. The Morgan fingerprint density at radius 2 is 1.80 bits per heavy atom. The number of hydrogen-bond acceptors (Lipinski definition) is 3. The van der Waals surface area contributed by atoms with Crippen molar-refractivity contribution in [2.24, 2.45) is 23.5 Å². The molecule has 3 unspecified atom stereocenters. The molecule has 4 heteroatoms. The van der Waals surface area contributed by atoms with E-state index < -0.39 is 0 Å². The van der Waals surface area contributed by atoms with E-state index >= 15 is 0 Å². The first-order chi connectivity index (χ1) is 9.69. The van der Waals surface area contributed by atoms with Gasteiger partial charge in [-0.25, -0.2) is 0 Å². The van der Waals surface area contributed by atoms with Crippen LogP contribution in [0.3, 0.4) is 0 Å². The van der Waals surface area contributed by atoms with Gasteiger partial charge in [-0.05, 0) is 58.7 Å². The number of fused-ring (bicyclic) bond motifs is 1. The van der Waals surface area contributed by atoms with E-state index in [0.717, 1.165) is 33.4 Å². The average Bonchev–Trinajstić information content (AvgIpc) is 3.20. The zero-order valence-electron chi connectivity index (χ0n) is 12.1. The van der Waals surface area contributed by atoms with E-state index in [0.29, 0.717) is 5.92 Å². The molecule has 0 heterocycles. The second-order valence-electron chi connectivity index (χ2n) is 5.92. The summed E-state index contributed by atoms with van der Waals surface area (Å²) in [6.45, 7) is 0. The molecule has 0 aromatic heterocycles. The van der Waals surface area contributed by atoms with Gasteiger partial charge in [0, 0.05) is 11.6 Å². The minimum Gasteiger partial charge on any atom is -0.495 e. The van der Waals surface area contributed by atoms with Gasteiger partial charge in [0.25, 0.3) is 0 Å². The standard InChI is InChI=1S/C16H22BrNO2/c1-19-12-8-7-11(16(20-2)14(12)17)15(18)13-9-5-3-4-6-10(9)13/h7-10,13,15H,3-6,18H2,1-2H3. The van der Waals surface area contributed by atoms with Gasteiger partial charge in [0.2, 0.25) is 0 Å². The van der Waals surface area contributed by atoms with Crippen LogP contribution < -0.4 is 15.2 Å². The molecule has 0 spiro atoms. The Morgan fingerprint density at radius 1 is 1.15 bits per heavy atom. The lowest BCUT2D eigenvalue weighted by molar-refractivity contribution is 0.380. The van der Waals surface area contributed by atoms with Crippen molar-refractivity contribution in [3.63, 3.8) is 0 Å². The normalized spacial score (nSPS) is 29.5. The van der Waals surface area contributed by atoms with Crippen molar-refractivity contribution < 1.29 is 9.47 Å².